The van der Waals surface area contributed by atoms with Crippen LogP contribution >= 0.6 is 0 Å². The summed E-state index contributed by atoms with van der Waals surface area (Å²) in [7, 11) is -3.54. The Morgan fingerprint density at radius 2 is 1.87 bits per heavy atom. The molecule has 9 nitrogen and oxygen atoms in total. The number of amides is 2. The molecule has 2 heterocycles. The highest BCUT2D eigenvalue weighted by Crippen LogP contribution is 2.14. The molecule has 0 bridgehead atoms. The van der Waals surface area contributed by atoms with Crippen LogP contribution in [-0.4, -0.2) is 60.7 Å². The van der Waals surface area contributed by atoms with Crippen molar-refractivity contribution in [2.75, 3.05) is 19.3 Å². The SMILES string of the molecule is Cc1nc(S(C)(=O)=O)ncc1C(=O)NC1CCN(C(=O)OCc2ccccc2)CC1. The van der Waals surface area contributed by atoms with Crippen LogP contribution in [0.25, 0.3) is 0 Å². The first-order valence-corrected chi connectivity index (χ1v) is 11.4. The van der Waals surface area contributed by atoms with E-state index >= 15 is 0 Å². The van der Waals surface area contributed by atoms with Crippen LogP contribution in [-0.2, 0) is 21.2 Å². The fraction of sp³-hybridized carbons (Fsp3) is 0.400. The maximum Gasteiger partial charge on any atom is 0.410 e. The van der Waals surface area contributed by atoms with Gasteiger partial charge in [-0.3, -0.25) is 4.79 Å². The topological polar surface area (TPSA) is 119 Å². The lowest BCUT2D eigenvalue weighted by atomic mass is 10.0. The molecule has 0 saturated carbocycles. The van der Waals surface area contributed by atoms with Crippen LogP contribution in [0.15, 0.2) is 41.7 Å². The van der Waals surface area contributed by atoms with E-state index in [1.165, 1.54) is 6.20 Å². The third kappa shape index (κ3) is 5.53. The van der Waals surface area contributed by atoms with Gasteiger partial charge in [0.15, 0.2) is 0 Å². The van der Waals surface area contributed by atoms with Gasteiger partial charge in [0.25, 0.3) is 5.91 Å². The minimum absolute atomic E-state index is 0.107. The Kier molecular flexibility index (Phi) is 6.66. The summed E-state index contributed by atoms with van der Waals surface area (Å²) in [5.74, 6) is -0.363. The van der Waals surface area contributed by atoms with Crippen LogP contribution in [0.3, 0.4) is 0 Å². The zero-order valence-corrected chi connectivity index (χ0v) is 17.7. The number of carbonyl (C=O) groups is 2. The molecule has 0 unspecified atom stereocenters. The van der Waals surface area contributed by atoms with Crippen molar-refractivity contribution >= 4 is 21.8 Å². The van der Waals surface area contributed by atoms with Crippen molar-refractivity contribution in [3.05, 3.63) is 53.3 Å². The third-order valence-corrected chi connectivity index (χ3v) is 5.69. The summed E-state index contributed by atoms with van der Waals surface area (Å²) in [5, 5.41) is 2.60. The number of benzene rings is 1. The Morgan fingerprint density at radius 1 is 1.20 bits per heavy atom. The maximum absolute atomic E-state index is 12.5. The molecule has 3 rings (SSSR count). The van der Waals surface area contributed by atoms with Crippen molar-refractivity contribution < 1.29 is 22.7 Å². The van der Waals surface area contributed by atoms with E-state index in [2.05, 4.69) is 15.3 Å². The van der Waals surface area contributed by atoms with E-state index in [1.807, 2.05) is 30.3 Å². The summed E-state index contributed by atoms with van der Waals surface area (Å²) in [5.41, 5.74) is 1.45. The Morgan fingerprint density at radius 3 is 2.47 bits per heavy atom. The largest absolute Gasteiger partial charge is 0.445 e. The number of ether oxygens (including phenoxy) is 1. The maximum atomic E-state index is 12.5. The van der Waals surface area contributed by atoms with Gasteiger partial charge in [-0.1, -0.05) is 30.3 Å². The second-order valence-corrected chi connectivity index (χ2v) is 9.11. The first-order chi connectivity index (χ1) is 14.2. The van der Waals surface area contributed by atoms with Crippen molar-refractivity contribution in [1.29, 1.82) is 0 Å². The molecule has 1 aromatic heterocycles. The summed E-state index contributed by atoms with van der Waals surface area (Å²) >= 11 is 0. The van der Waals surface area contributed by atoms with Crippen molar-refractivity contribution in [1.82, 2.24) is 20.2 Å². The van der Waals surface area contributed by atoms with Crippen LogP contribution in [0.5, 0.6) is 0 Å². The molecule has 0 aliphatic carbocycles. The molecule has 1 aliphatic heterocycles. The minimum Gasteiger partial charge on any atom is -0.445 e. The molecule has 2 aromatic rings. The zero-order chi connectivity index (χ0) is 21.7. The van der Waals surface area contributed by atoms with Gasteiger partial charge in [-0.2, -0.15) is 0 Å². The number of nitrogens with zero attached hydrogens (tertiary/aromatic N) is 3. The smallest absolute Gasteiger partial charge is 0.410 e. The predicted octanol–water partition coefficient (Wildman–Crippen LogP) is 1.72. The van der Waals surface area contributed by atoms with Gasteiger partial charge in [0.2, 0.25) is 15.0 Å². The van der Waals surface area contributed by atoms with E-state index in [0.29, 0.717) is 31.6 Å². The summed E-state index contributed by atoms with van der Waals surface area (Å²) < 4.78 is 28.4. The number of hydrogen-bond donors (Lipinski definition) is 1. The van der Waals surface area contributed by atoms with E-state index in [4.69, 9.17) is 4.74 Å². The van der Waals surface area contributed by atoms with Crippen molar-refractivity contribution in [3.8, 4) is 0 Å². The van der Waals surface area contributed by atoms with Gasteiger partial charge in [0.1, 0.15) is 6.61 Å². The number of rotatable bonds is 5. The molecule has 30 heavy (non-hydrogen) atoms. The highest BCUT2D eigenvalue weighted by Gasteiger charge is 2.26. The first kappa shape index (κ1) is 21.7. The van der Waals surface area contributed by atoms with E-state index in [9.17, 15) is 18.0 Å². The van der Waals surface area contributed by atoms with Gasteiger partial charge < -0.3 is 15.0 Å². The lowest BCUT2D eigenvalue weighted by Crippen LogP contribution is -2.46. The molecule has 1 aromatic carbocycles. The van der Waals surface area contributed by atoms with Crippen LogP contribution in [0.2, 0.25) is 0 Å². The molecule has 1 fully saturated rings. The number of aromatic nitrogens is 2. The normalized spacial score (nSPS) is 14.9. The summed E-state index contributed by atoms with van der Waals surface area (Å²) in [4.78, 5) is 34.1. The van der Waals surface area contributed by atoms with Crippen LogP contribution in [0, 0.1) is 6.92 Å². The Bertz CT molecular complexity index is 1020. The predicted molar refractivity (Wildman–Crippen MR) is 109 cm³/mol. The van der Waals surface area contributed by atoms with Crippen LogP contribution in [0.1, 0.15) is 34.5 Å². The minimum atomic E-state index is -3.54. The number of aryl methyl sites for hydroxylation is 1. The number of nitrogens with one attached hydrogen (secondary N) is 1. The first-order valence-electron chi connectivity index (χ1n) is 9.54. The lowest BCUT2D eigenvalue weighted by molar-refractivity contribution is 0.0808. The summed E-state index contributed by atoms with van der Waals surface area (Å²) in [6, 6.07) is 9.35. The average Bonchev–Trinajstić information content (AvgIpc) is 2.72. The second kappa shape index (κ2) is 9.21. The average molecular weight is 433 g/mol. The van der Waals surface area contributed by atoms with Gasteiger partial charge >= 0.3 is 6.09 Å². The molecular weight excluding hydrogens is 408 g/mol. The lowest BCUT2D eigenvalue weighted by Gasteiger charge is -2.31. The summed E-state index contributed by atoms with van der Waals surface area (Å²) in [6.07, 6.45) is 3.05. The van der Waals surface area contributed by atoms with E-state index in [-0.39, 0.29) is 35.4 Å². The molecule has 0 atom stereocenters. The van der Waals surface area contributed by atoms with Crippen LogP contribution < -0.4 is 5.32 Å². The Hall–Kier alpha value is -3.01. The highest BCUT2D eigenvalue weighted by atomic mass is 32.2. The molecule has 1 aliphatic rings. The Labute approximate surface area is 175 Å². The van der Waals surface area contributed by atoms with Gasteiger partial charge in [0, 0.05) is 31.6 Å². The molecule has 10 heteroatoms. The summed E-state index contributed by atoms with van der Waals surface area (Å²) in [6.45, 7) is 2.73. The number of likely N-dealkylation sites (tertiary alicyclic amines) is 1. The molecule has 160 valence electrons. The molecular formula is C20H24N4O5S. The number of carbonyl (C=O) groups excluding carboxylic acids is 2. The van der Waals surface area contributed by atoms with Crippen molar-refractivity contribution in [2.24, 2.45) is 0 Å². The molecule has 1 saturated heterocycles. The second-order valence-electron chi connectivity index (χ2n) is 7.20. The van der Waals surface area contributed by atoms with E-state index < -0.39 is 9.84 Å². The fourth-order valence-electron chi connectivity index (χ4n) is 3.13. The number of sulfone groups is 1. The van der Waals surface area contributed by atoms with Crippen molar-refractivity contribution in [2.45, 2.75) is 37.6 Å². The van der Waals surface area contributed by atoms with Crippen LogP contribution in [0.4, 0.5) is 4.79 Å². The molecule has 0 radical (unpaired) electrons. The standard InChI is InChI=1S/C20H24N4O5S/c1-14-17(12-21-19(22-14)30(2,27)28)18(25)23-16-8-10-24(11-9-16)20(26)29-13-15-6-4-3-5-7-15/h3-7,12,16H,8-11,13H2,1-2H3,(H,23,25). The van der Waals surface area contributed by atoms with E-state index in [1.54, 1.807) is 11.8 Å². The van der Waals surface area contributed by atoms with Gasteiger partial charge in [-0.25, -0.2) is 23.2 Å². The van der Waals surface area contributed by atoms with Gasteiger partial charge in [0.05, 0.1) is 11.3 Å². The number of hydrogen-bond acceptors (Lipinski definition) is 7. The van der Waals surface area contributed by atoms with Crippen molar-refractivity contribution in [3.63, 3.8) is 0 Å². The van der Waals surface area contributed by atoms with E-state index in [0.717, 1.165) is 11.8 Å². The zero-order valence-electron chi connectivity index (χ0n) is 16.9. The highest BCUT2D eigenvalue weighted by molar-refractivity contribution is 7.90. The number of piperidine rings is 1. The fourth-order valence-corrected chi connectivity index (χ4v) is 3.67. The van der Waals surface area contributed by atoms with Gasteiger partial charge in [-0.15, -0.1) is 0 Å². The monoisotopic (exact) mass is 432 g/mol. The Balaban J connectivity index is 1.49. The van der Waals surface area contributed by atoms with Gasteiger partial charge in [-0.05, 0) is 25.3 Å². The quantitative estimate of drug-likeness (QED) is 0.715. The third-order valence-electron chi connectivity index (χ3n) is 4.83. The molecule has 0 spiro atoms. The molecule has 1 N–H and O–H groups in total. The molecule has 2 amide bonds.